The van der Waals surface area contributed by atoms with Crippen LogP contribution in [0.1, 0.15) is 11.5 Å². The molecule has 20 heavy (non-hydrogen) atoms. The van der Waals surface area contributed by atoms with Crippen LogP contribution in [0.2, 0.25) is 0 Å². The van der Waals surface area contributed by atoms with Crippen LogP contribution < -0.4 is 5.32 Å². The Morgan fingerprint density at radius 3 is 2.65 bits per heavy atom. The van der Waals surface area contributed by atoms with E-state index in [9.17, 15) is 13.2 Å². The molecule has 0 radical (unpaired) electrons. The van der Waals surface area contributed by atoms with Crippen molar-refractivity contribution in [1.29, 1.82) is 0 Å². The first-order chi connectivity index (χ1) is 9.54. The molecule has 0 aliphatic heterocycles. The van der Waals surface area contributed by atoms with Gasteiger partial charge in [-0.1, -0.05) is 11.8 Å². The Balaban J connectivity index is 1.90. The first-order valence-electron chi connectivity index (χ1n) is 5.71. The molecule has 1 aromatic carbocycles. The van der Waals surface area contributed by atoms with Gasteiger partial charge in [-0.05, 0) is 52.9 Å². The first kappa shape index (κ1) is 15.6. The lowest BCUT2D eigenvalue weighted by Gasteiger charge is -2.06. The van der Waals surface area contributed by atoms with Gasteiger partial charge in [-0.25, -0.2) is 4.39 Å². The molecule has 0 bridgehead atoms. The molecule has 1 heterocycles. The van der Waals surface area contributed by atoms with E-state index in [4.69, 9.17) is 4.42 Å². The number of halogens is 4. The van der Waals surface area contributed by atoms with Crippen molar-refractivity contribution in [2.45, 2.75) is 18.1 Å². The van der Waals surface area contributed by atoms with Crippen LogP contribution in [0.25, 0.3) is 0 Å². The van der Waals surface area contributed by atoms with Gasteiger partial charge in [0.05, 0.1) is 12.3 Å². The highest BCUT2D eigenvalue weighted by molar-refractivity contribution is 14.1. The number of hydrogen-bond donors (Lipinski definition) is 1. The summed E-state index contributed by atoms with van der Waals surface area (Å²) in [5.74, 6) is -1.38. The minimum atomic E-state index is -2.40. The lowest BCUT2D eigenvalue weighted by molar-refractivity contribution is 0.251. The predicted octanol–water partition coefficient (Wildman–Crippen LogP) is 5.09. The summed E-state index contributed by atoms with van der Waals surface area (Å²) in [6, 6.07) is 7.87. The Kier molecular flexibility index (Phi) is 5.64. The van der Waals surface area contributed by atoms with Gasteiger partial charge in [-0.15, -0.1) is 0 Å². The van der Waals surface area contributed by atoms with Gasteiger partial charge >= 0.3 is 0 Å². The maximum atomic E-state index is 12.9. The third-order valence-electron chi connectivity index (χ3n) is 2.45. The molecular weight excluding hydrogens is 402 g/mol. The fraction of sp³-hybridized carbons (Fsp3) is 0.231. The van der Waals surface area contributed by atoms with E-state index in [1.54, 1.807) is 18.2 Å². The molecule has 108 valence electrons. The second kappa shape index (κ2) is 7.26. The zero-order valence-corrected chi connectivity index (χ0v) is 13.2. The fourth-order valence-corrected chi connectivity index (χ4v) is 2.67. The summed E-state index contributed by atoms with van der Waals surface area (Å²) in [4.78, 5) is 0. The second-order valence-corrected chi connectivity index (χ2v) is 6.06. The van der Waals surface area contributed by atoms with Crippen molar-refractivity contribution < 1.29 is 17.6 Å². The van der Waals surface area contributed by atoms with Gasteiger partial charge in [0, 0.05) is 9.26 Å². The number of benzene rings is 1. The van der Waals surface area contributed by atoms with E-state index >= 15 is 0 Å². The largest absolute Gasteiger partial charge is 0.463 e. The minimum Gasteiger partial charge on any atom is -0.463 e. The highest BCUT2D eigenvalue weighted by Gasteiger charge is 2.08. The van der Waals surface area contributed by atoms with Crippen LogP contribution in [0.4, 0.5) is 18.9 Å². The topological polar surface area (TPSA) is 25.2 Å². The number of alkyl halides is 2. The molecule has 0 atom stereocenters. The Morgan fingerprint density at radius 1 is 1.20 bits per heavy atom. The third-order valence-corrected chi connectivity index (χ3v) is 4.05. The fourth-order valence-electron chi connectivity index (χ4n) is 1.56. The number of nitrogens with one attached hydrogen (secondary N) is 1. The smallest absolute Gasteiger partial charge is 0.284 e. The molecule has 0 aliphatic carbocycles. The first-order valence-corrected chi connectivity index (χ1v) is 7.83. The summed E-state index contributed by atoms with van der Waals surface area (Å²) in [5.41, 5.74) is 0.798. The van der Waals surface area contributed by atoms with Crippen molar-refractivity contribution in [2.24, 2.45) is 0 Å². The van der Waals surface area contributed by atoms with Gasteiger partial charge in [0.15, 0.2) is 0 Å². The van der Waals surface area contributed by atoms with Gasteiger partial charge in [0.2, 0.25) is 0 Å². The number of rotatable bonds is 6. The lowest BCUT2D eigenvalue weighted by Crippen LogP contribution is -2.00. The third kappa shape index (κ3) is 4.62. The number of thioether (sulfide) groups is 1. The van der Waals surface area contributed by atoms with Crippen LogP contribution in [-0.2, 0) is 12.3 Å². The van der Waals surface area contributed by atoms with E-state index in [0.29, 0.717) is 29.8 Å². The molecule has 0 saturated heterocycles. The van der Waals surface area contributed by atoms with Crippen LogP contribution in [0, 0.1) is 9.39 Å². The van der Waals surface area contributed by atoms with E-state index in [2.05, 4.69) is 5.32 Å². The molecule has 0 saturated carbocycles. The van der Waals surface area contributed by atoms with Crippen LogP contribution in [0.3, 0.4) is 0 Å². The van der Waals surface area contributed by atoms with Crippen molar-refractivity contribution in [3.8, 4) is 0 Å². The van der Waals surface area contributed by atoms with Crippen molar-refractivity contribution in [3.63, 3.8) is 0 Å². The number of hydrogen-bond acceptors (Lipinski definition) is 3. The average molecular weight is 413 g/mol. The molecule has 2 aromatic rings. The molecule has 2 rings (SSSR count). The quantitative estimate of drug-likeness (QED) is 0.668. The van der Waals surface area contributed by atoms with Crippen molar-refractivity contribution in [1.82, 2.24) is 0 Å². The normalized spacial score (nSPS) is 11.1. The van der Waals surface area contributed by atoms with E-state index < -0.39 is 5.76 Å². The summed E-state index contributed by atoms with van der Waals surface area (Å²) in [5, 5.41) is 3.11. The molecule has 0 amide bonds. The molecule has 0 aliphatic rings. The zero-order chi connectivity index (χ0) is 14.5. The maximum Gasteiger partial charge on any atom is 0.284 e. The van der Waals surface area contributed by atoms with Crippen molar-refractivity contribution in [3.05, 3.63) is 51.2 Å². The molecule has 1 aromatic heterocycles. The lowest BCUT2D eigenvalue weighted by atomic mass is 10.3. The maximum absolute atomic E-state index is 12.9. The second-order valence-electron chi connectivity index (χ2n) is 3.92. The van der Waals surface area contributed by atoms with Gasteiger partial charge in [0.25, 0.3) is 5.76 Å². The minimum absolute atomic E-state index is 0.145. The van der Waals surface area contributed by atoms with E-state index in [1.807, 2.05) is 22.6 Å². The highest BCUT2D eigenvalue weighted by Crippen LogP contribution is 2.23. The Hall–Kier alpha value is -0.830. The van der Waals surface area contributed by atoms with Crippen LogP contribution in [0.5, 0.6) is 0 Å². The molecular formula is C13H11F3INOS. The van der Waals surface area contributed by atoms with Crippen LogP contribution in [0.15, 0.2) is 34.7 Å². The van der Waals surface area contributed by atoms with E-state index in [1.165, 1.54) is 12.1 Å². The summed E-state index contributed by atoms with van der Waals surface area (Å²) in [7, 11) is 0. The Morgan fingerprint density at radius 2 is 1.95 bits per heavy atom. The molecule has 7 heteroatoms. The summed E-state index contributed by atoms with van der Waals surface area (Å²) in [6.07, 6.45) is 0. The Bertz CT molecular complexity index is 576. The predicted molar refractivity (Wildman–Crippen MR) is 82.5 cm³/mol. The summed E-state index contributed by atoms with van der Waals surface area (Å²) in [6.45, 7) is 0.418. The van der Waals surface area contributed by atoms with Gasteiger partial charge < -0.3 is 9.73 Å². The number of furan rings is 1. The standard InChI is InChI=1S/C13H11F3INOS/c14-8-1-4-12(11(17)5-8)18-6-9-2-3-10(19-9)7-20-13(15)16/h1-5,13,18H,6-7H2. The van der Waals surface area contributed by atoms with Crippen LogP contribution in [-0.4, -0.2) is 5.76 Å². The monoisotopic (exact) mass is 413 g/mol. The van der Waals surface area contributed by atoms with Gasteiger partial charge in [-0.3, -0.25) is 0 Å². The number of anilines is 1. The van der Waals surface area contributed by atoms with Crippen molar-refractivity contribution >= 4 is 40.0 Å². The molecule has 2 nitrogen and oxygen atoms in total. The van der Waals surface area contributed by atoms with Crippen molar-refractivity contribution in [2.75, 3.05) is 5.32 Å². The van der Waals surface area contributed by atoms with Crippen LogP contribution >= 0.6 is 34.4 Å². The molecule has 0 fully saturated rings. The molecule has 0 spiro atoms. The van der Waals surface area contributed by atoms with E-state index in [-0.39, 0.29) is 11.6 Å². The zero-order valence-electron chi connectivity index (χ0n) is 10.2. The SMILES string of the molecule is Fc1ccc(NCc2ccc(CSC(F)F)o2)c(I)c1. The van der Waals surface area contributed by atoms with Gasteiger partial charge in [-0.2, -0.15) is 8.78 Å². The van der Waals surface area contributed by atoms with Gasteiger partial charge in [0.1, 0.15) is 17.3 Å². The van der Waals surface area contributed by atoms with E-state index in [0.717, 1.165) is 9.26 Å². The Labute approximate surface area is 132 Å². The average Bonchev–Trinajstić information content (AvgIpc) is 2.83. The molecule has 0 unspecified atom stereocenters. The molecule has 1 N–H and O–H groups in total. The summed E-state index contributed by atoms with van der Waals surface area (Å²) < 4.78 is 43.2. The highest BCUT2D eigenvalue weighted by atomic mass is 127. The summed E-state index contributed by atoms with van der Waals surface area (Å²) >= 11 is 2.56.